The Balaban J connectivity index is 1.82. The topological polar surface area (TPSA) is 60.0 Å². The first-order chi connectivity index (χ1) is 13.3. The number of hydrogen-bond donors (Lipinski definition) is 2. The number of ether oxygens (including phenoxy) is 3. The molecular weight excluding hydrogens is 354 g/mol. The molecule has 0 saturated heterocycles. The third kappa shape index (κ3) is 6.43. The van der Waals surface area contributed by atoms with Gasteiger partial charge in [0.2, 0.25) is 0 Å². The highest BCUT2D eigenvalue weighted by molar-refractivity contribution is 5.44. The first kappa shape index (κ1) is 22.1. The van der Waals surface area contributed by atoms with Crippen molar-refractivity contribution in [2.24, 2.45) is 0 Å². The molecule has 5 heteroatoms. The van der Waals surface area contributed by atoms with Crippen molar-refractivity contribution in [3.05, 3.63) is 53.6 Å². The number of aliphatic hydroxyl groups excluding tert-OH is 1. The molecule has 2 N–H and O–H groups in total. The van der Waals surface area contributed by atoms with Crippen molar-refractivity contribution in [2.45, 2.75) is 38.7 Å². The number of methoxy groups -OCH3 is 2. The minimum Gasteiger partial charge on any atom is -0.497 e. The number of hydrogen-bond acceptors (Lipinski definition) is 5. The van der Waals surface area contributed by atoms with Crippen LogP contribution in [-0.2, 0) is 11.8 Å². The molecule has 1 unspecified atom stereocenters. The van der Waals surface area contributed by atoms with Gasteiger partial charge < -0.3 is 24.6 Å². The molecular formula is C23H33NO4. The van der Waals surface area contributed by atoms with E-state index in [-0.39, 0.29) is 12.0 Å². The first-order valence-electron chi connectivity index (χ1n) is 9.67. The van der Waals surface area contributed by atoms with E-state index in [1.165, 1.54) is 0 Å². The molecule has 0 bridgehead atoms. The summed E-state index contributed by atoms with van der Waals surface area (Å²) < 4.78 is 16.6. The molecule has 0 fully saturated rings. The number of benzene rings is 2. The van der Waals surface area contributed by atoms with E-state index >= 15 is 0 Å². The summed E-state index contributed by atoms with van der Waals surface area (Å²) in [6.45, 7) is 7.85. The summed E-state index contributed by atoms with van der Waals surface area (Å²) in [4.78, 5) is 0. The lowest BCUT2D eigenvalue weighted by Gasteiger charge is -2.24. The zero-order chi connectivity index (χ0) is 20.6. The summed E-state index contributed by atoms with van der Waals surface area (Å²) >= 11 is 0. The van der Waals surface area contributed by atoms with Crippen LogP contribution < -0.4 is 19.5 Å². The van der Waals surface area contributed by atoms with E-state index in [0.717, 1.165) is 41.3 Å². The zero-order valence-corrected chi connectivity index (χ0v) is 17.6. The lowest BCUT2D eigenvalue weighted by molar-refractivity contribution is 0.105. The second-order valence-corrected chi connectivity index (χ2v) is 7.84. The van der Waals surface area contributed by atoms with Crippen LogP contribution in [0.3, 0.4) is 0 Å². The van der Waals surface area contributed by atoms with Crippen LogP contribution in [0.4, 0.5) is 0 Å². The molecule has 2 aromatic carbocycles. The lowest BCUT2D eigenvalue weighted by atomic mass is 9.86. The molecule has 2 rings (SSSR count). The molecule has 0 aliphatic heterocycles. The third-order valence-corrected chi connectivity index (χ3v) is 4.57. The molecule has 0 aliphatic rings. The van der Waals surface area contributed by atoms with Crippen LogP contribution in [0.25, 0.3) is 0 Å². The second kappa shape index (κ2) is 10.3. The van der Waals surface area contributed by atoms with E-state index in [9.17, 15) is 5.11 Å². The van der Waals surface area contributed by atoms with E-state index in [4.69, 9.17) is 14.2 Å². The number of para-hydroxylation sites is 1. The van der Waals surface area contributed by atoms with E-state index in [1.54, 1.807) is 14.2 Å². The maximum Gasteiger partial charge on any atom is 0.123 e. The second-order valence-electron chi connectivity index (χ2n) is 7.84. The van der Waals surface area contributed by atoms with Gasteiger partial charge in [0.25, 0.3) is 0 Å². The Bertz CT molecular complexity index is 740. The average molecular weight is 388 g/mol. The first-order valence-corrected chi connectivity index (χ1v) is 9.67. The largest absolute Gasteiger partial charge is 0.497 e. The van der Waals surface area contributed by atoms with Crippen LogP contribution in [0.2, 0.25) is 0 Å². The molecule has 154 valence electrons. The van der Waals surface area contributed by atoms with Crippen molar-refractivity contribution < 1.29 is 19.3 Å². The van der Waals surface area contributed by atoms with Crippen LogP contribution in [-0.4, -0.2) is 45.1 Å². The molecule has 0 saturated carbocycles. The van der Waals surface area contributed by atoms with Crippen molar-refractivity contribution in [2.75, 3.05) is 33.9 Å². The van der Waals surface area contributed by atoms with Gasteiger partial charge in [-0.1, -0.05) is 39.0 Å². The smallest absolute Gasteiger partial charge is 0.123 e. The summed E-state index contributed by atoms with van der Waals surface area (Å²) in [5, 5.41) is 13.5. The van der Waals surface area contributed by atoms with Crippen molar-refractivity contribution in [3.8, 4) is 17.2 Å². The van der Waals surface area contributed by atoms with Gasteiger partial charge in [-0.15, -0.1) is 0 Å². The molecule has 0 aromatic heterocycles. The fourth-order valence-electron chi connectivity index (χ4n) is 2.99. The highest BCUT2D eigenvalue weighted by atomic mass is 16.5. The minimum absolute atomic E-state index is 0.0815. The highest BCUT2D eigenvalue weighted by Gasteiger charge is 2.20. The van der Waals surface area contributed by atoms with Crippen molar-refractivity contribution in [3.63, 3.8) is 0 Å². The van der Waals surface area contributed by atoms with Crippen LogP contribution >= 0.6 is 0 Å². The van der Waals surface area contributed by atoms with E-state index in [2.05, 4.69) is 32.2 Å². The van der Waals surface area contributed by atoms with E-state index in [0.29, 0.717) is 6.54 Å². The van der Waals surface area contributed by atoms with Gasteiger partial charge in [-0.05, 0) is 48.2 Å². The van der Waals surface area contributed by atoms with Crippen molar-refractivity contribution in [1.82, 2.24) is 5.32 Å². The Morgan fingerprint density at radius 3 is 2.43 bits per heavy atom. The Morgan fingerprint density at radius 2 is 1.75 bits per heavy atom. The maximum atomic E-state index is 10.3. The van der Waals surface area contributed by atoms with Crippen LogP contribution in [0.1, 0.15) is 31.9 Å². The SMILES string of the molecule is COc1ccc(OCC(O)CNCCc2ccccc2OC)c(C(C)(C)C)c1. The third-order valence-electron chi connectivity index (χ3n) is 4.57. The maximum absolute atomic E-state index is 10.3. The summed E-state index contributed by atoms with van der Waals surface area (Å²) in [6, 6.07) is 13.7. The monoisotopic (exact) mass is 387 g/mol. The van der Waals surface area contributed by atoms with Crippen LogP contribution in [0.15, 0.2) is 42.5 Å². The molecule has 0 radical (unpaired) electrons. The van der Waals surface area contributed by atoms with Gasteiger partial charge in [0.05, 0.1) is 14.2 Å². The van der Waals surface area contributed by atoms with E-state index in [1.807, 2.05) is 36.4 Å². The molecule has 0 spiro atoms. The van der Waals surface area contributed by atoms with Gasteiger partial charge in [0, 0.05) is 12.1 Å². The van der Waals surface area contributed by atoms with Gasteiger partial charge in [-0.2, -0.15) is 0 Å². The summed E-state index contributed by atoms with van der Waals surface area (Å²) in [7, 11) is 3.33. The van der Waals surface area contributed by atoms with Gasteiger partial charge in [0.15, 0.2) is 0 Å². The Hall–Kier alpha value is -2.24. The zero-order valence-electron chi connectivity index (χ0n) is 17.6. The lowest BCUT2D eigenvalue weighted by Crippen LogP contribution is -2.32. The van der Waals surface area contributed by atoms with Crippen molar-refractivity contribution >= 4 is 0 Å². The molecule has 5 nitrogen and oxygen atoms in total. The van der Waals surface area contributed by atoms with Gasteiger partial charge in [-0.3, -0.25) is 0 Å². The highest BCUT2D eigenvalue weighted by Crippen LogP contribution is 2.34. The Labute approximate surface area is 168 Å². The molecule has 1 atom stereocenters. The Kier molecular flexibility index (Phi) is 8.15. The summed E-state index contributed by atoms with van der Waals surface area (Å²) in [5.74, 6) is 2.47. The number of rotatable bonds is 10. The van der Waals surface area contributed by atoms with Crippen LogP contribution in [0, 0.1) is 0 Å². The van der Waals surface area contributed by atoms with Crippen LogP contribution in [0.5, 0.6) is 17.2 Å². The predicted octanol–water partition coefficient (Wildman–Crippen LogP) is 3.57. The molecule has 0 heterocycles. The summed E-state index contributed by atoms with van der Waals surface area (Å²) in [6.07, 6.45) is 0.247. The average Bonchev–Trinajstić information content (AvgIpc) is 2.69. The molecule has 2 aromatic rings. The standard InChI is InChI=1S/C23H33NO4/c1-23(2,3)20-14-19(26-4)10-11-22(20)28-16-18(25)15-24-13-12-17-8-6-7-9-21(17)27-5/h6-11,14,18,24-25H,12-13,15-16H2,1-5H3. The quantitative estimate of drug-likeness (QED) is 0.610. The molecule has 28 heavy (non-hydrogen) atoms. The van der Waals surface area contributed by atoms with Gasteiger partial charge in [0.1, 0.15) is 30.0 Å². The number of nitrogens with one attached hydrogen (secondary N) is 1. The van der Waals surface area contributed by atoms with Crippen molar-refractivity contribution in [1.29, 1.82) is 0 Å². The van der Waals surface area contributed by atoms with Gasteiger partial charge >= 0.3 is 0 Å². The number of aliphatic hydroxyl groups is 1. The molecule has 0 aliphatic carbocycles. The predicted molar refractivity (Wildman–Crippen MR) is 113 cm³/mol. The fourth-order valence-corrected chi connectivity index (χ4v) is 2.99. The summed E-state index contributed by atoms with van der Waals surface area (Å²) in [5.41, 5.74) is 2.13. The fraction of sp³-hybridized carbons (Fsp3) is 0.478. The Morgan fingerprint density at radius 1 is 1.00 bits per heavy atom. The van der Waals surface area contributed by atoms with Gasteiger partial charge in [-0.25, -0.2) is 0 Å². The normalized spacial score (nSPS) is 12.5. The minimum atomic E-state index is -0.590. The van der Waals surface area contributed by atoms with E-state index < -0.39 is 6.10 Å². The molecule has 0 amide bonds.